The van der Waals surface area contributed by atoms with Gasteiger partial charge in [0.15, 0.2) is 5.75 Å². The summed E-state index contributed by atoms with van der Waals surface area (Å²) in [6.45, 7) is 3.60. The SMILES string of the molecule is COc1cc(OC)c2c(c1Cl)O[C@@]1(C(=O)C3=C(C[C@H]1C)NC(=O)C[C@@H]3c1cc3cccc(C)c3[nH]c1=O)C2=O. The van der Waals surface area contributed by atoms with E-state index in [0.717, 1.165) is 10.9 Å². The van der Waals surface area contributed by atoms with Crippen molar-refractivity contribution in [2.45, 2.75) is 38.2 Å². The molecule has 200 valence electrons. The topological polar surface area (TPSA) is 124 Å². The fourth-order valence-corrected chi connectivity index (χ4v) is 6.38. The molecule has 10 heteroatoms. The first kappa shape index (κ1) is 25.2. The van der Waals surface area contributed by atoms with Crippen LogP contribution < -0.4 is 25.1 Å². The predicted molar refractivity (Wildman–Crippen MR) is 143 cm³/mol. The van der Waals surface area contributed by atoms with Gasteiger partial charge in [-0.3, -0.25) is 19.2 Å². The molecule has 2 aromatic carbocycles. The van der Waals surface area contributed by atoms with Crippen LogP contribution in [0.1, 0.15) is 47.2 Å². The van der Waals surface area contributed by atoms with Crippen molar-refractivity contribution in [3.63, 3.8) is 0 Å². The van der Waals surface area contributed by atoms with Gasteiger partial charge < -0.3 is 24.5 Å². The third kappa shape index (κ3) is 3.39. The largest absolute Gasteiger partial charge is 0.496 e. The van der Waals surface area contributed by atoms with E-state index >= 15 is 0 Å². The van der Waals surface area contributed by atoms with Crippen molar-refractivity contribution in [2.75, 3.05) is 14.2 Å². The number of methoxy groups -OCH3 is 2. The summed E-state index contributed by atoms with van der Waals surface area (Å²) in [4.78, 5) is 57.6. The number of allylic oxidation sites excluding steroid dienone is 1. The first-order valence-corrected chi connectivity index (χ1v) is 12.9. The van der Waals surface area contributed by atoms with Crippen molar-refractivity contribution in [1.29, 1.82) is 0 Å². The zero-order valence-corrected chi connectivity index (χ0v) is 22.4. The molecular formula is C29H25ClN2O7. The van der Waals surface area contributed by atoms with Crippen molar-refractivity contribution in [3.05, 3.63) is 73.7 Å². The molecular weight excluding hydrogens is 524 g/mol. The number of nitrogens with one attached hydrogen (secondary N) is 2. The number of hydrogen-bond donors (Lipinski definition) is 2. The number of rotatable bonds is 3. The van der Waals surface area contributed by atoms with Crippen LogP contribution in [-0.2, 0) is 9.59 Å². The summed E-state index contributed by atoms with van der Waals surface area (Å²) in [5, 5.41) is 3.63. The number of benzene rings is 2. The van der Waals surface area contributed by atoms with Crippen LogP contribution in [0.2, 0.25) is 5.02 Å². The van der Waals surface area contributed by atoms with E-state index in [0.29, 0.717) is 11.2 Å². The molecule has 1 amide bonds. The number of amides is 1. The minimum absolute atomic E-state index is 0.0116. The van der Waals surface area contributed by atoms with Gasteiger partial charge in [0.25, 0.3) is 5.56 Å². The number of aromatic nitrogens is 1. The van der Waals surface area contributed by atoms with Crippen LogP contribution in [0, 0.1) is 12.8 Å². The van der Waals surface area contributed by atoms with E-state index < -0.39 is 34.6 Å². The van der Waals surface area contributed by atoms with Crippen molar-refractivity contribution >= 4 is 40.0 Å². The van der Waals surface area contributed by atoms with E-state index in [-0.39, 0.29) is 57.7 Å². The zero-order valence-electron chi connectivity index (χ0n) is 21.7. The van der Waals surface area contributed by atoms with Gasteiger partial charge in [-0.05, 0) is 30.4 Å². The fourth-order valence-electron chi connectivity index (χ4n) is 6.11. The van der Waals surface area contributed by atoms with Crippen molar-refractivity contribution < 1.29 is 28.6 Å². The molecule has 1 aliphatic carbocycles. The van der Waals surface area contributed by atoms with Crippen LogP contribution in [0.5, 0.6) is 17.2 Å². The molecule has 1 spiro atoms. The second-order valence-electron chi connectivity index (χ2n) is 10.2. The second kappa shape index (κ2) is 8.71. The minimum Gasteiger partial charge on any atom is -0.496 e. The molecule has 3 atom stereocenters. The number of fused-ring (bicyclic) bond motifs is 2. The van der Waals surface area contributed by atoms with Gasteiger partial charge in [0.1, 0.15) is 22.1 Å². The average Bonchev–Trinajstić information content (AvgIpc) is 3.22. The smallest absolute Gasteiger partial charge is 0.252 e. The number of aromatic amines is 1. The summed E-state index contributed by atoms with van der Waals surface area (Å²) in [6.07, 6.45) is 0.0409. The number of para-hydroxylation sites is 1. The molecule has 0 saturated heterocycles. The number of ketones is 2. The lowest BCUT2D eigenvalue weighted by molar-refractivity contribution is -0.131. The van der Waals surface area contributed by atoms with Gasteiger partial charge in [0.2, 0.25) is 23.1 Å². The van der Waals surface area contributed by atoms with Crippen LogP contribution in [0.15, 0.2) is 46.4 Å². The Kier molecular flexibility index (Phi) is 5.62. The minimum atomic E-state index is -1.94. The van der Waals surface area contributed by atoms with Crippen molar-refractivity contribution in [1.82, 2.24) is 10.3 Å². The highest BCUT2D eigenvalue weighted by Gasteiger charge is 2.63. The van der Waals surface area contributed by atoms with Crippen molar-refractivity contribution in [2.24, 2.45) is 5.92 Å². The molecule has 2 N–H and O–H groups in total. The van der Waals surface area contributed by atoms with Crippen LogP contribution in [0.3, 0.4) is 0 Å². The van der Waals surface area contributed by atoms with Crippen LogP contribution in [0.25, 0.3) is 10.9 Å². The van der Waals surface area contributed by atoms with E-state index in [1.54, 1.807) is 13.0 Å². The van der Waals surface area contributed by atoms with E-state index in [4.69, 9.17) is 25.8 Å². The molecule has 3 heterocycles. The van der Waals surface area contributed by atoms with Crippen LogP contribution >= 0.6 is 11.6 Å². The van der Waals surface area contributed by atoms with E-state index in [1.165, 1.54) is 20.3 Å². The van der Waals surface area contributed by atoms with Crippen molar-refractivity contribution in [3.8, 4) is 17.2 Å². The molecule has 6 rings (SSSR count). The quantitative estimate of drug-likeness (QED) is 0.474. The van der Waals surface area contributed by atoms with E-state index in [1.807, 2.05) is 25.1 Å². The standard InChI is InChI=1S/C29H25ClN2O7/c1-12-6-5-7-14-9-16(28(36)32-24(12)14)15-10-20(33)31-17-8-13(2)29(26(34)21(15)17)27(35)22-18(37-3)11-19(38-4)23(30)25(22)39-29/h5-7,9,11,13,15H,8,10H2,1-4H3,(H,31,33)(H,32,36)/t13-,15-,29+/m1/s1. The molecule has 0 saturated carbocycles. The fraction of sp³-hybridized carbons (Fsp3) is 0.310. The first-order valence-electron chi connectivity index (χ1n) is 12.5. The van der Waals surface area contributed by atoms with Gasteiger partial charge in [-0.1, -0.05) is 36.7 Å². The molecule has 3 aliphatic rings. The lowest BCUT2D eigenvalue weighted by atomic mass is 9.66. The Hall–Kier alpha value is -4.11. The van der Waals surface area contributed by atoms with Gasteiger partial charge >= 0.3 is 0 Å². The highest BCUT2D eigenvalue weighted by molar-refractivity contribution is 6.36. The number of halogens is 1. The summed E-state index contributed by atoms with van der Waals surface area (Å²) in [6, 6.07) is 8.80. The highest BCUT2D eigenvalue weighted by Crippen LogP contribution is 2.55. The Morgan fingerprint density at radius 1 is 1.03 bits per heavy atom. The monoisotopic (exact) mass is 548 g/mol. The lowest BCUT2D eigenvalue weighted by Gasteiger charge is -2.41. The van der Waals surface area contributed by atoms with Gasteiger partial charge in [0, 0.05) is 41.2 Å². The Labute approximate surface area is 228 Å². The Balaban J connectivity index is 1.53. The molecule has 1 aromatic heterocycles. The van der Waals surface area contributed by atoms with Gasteiger partial charge in [0.05, 0.1) is 19.7 Å². The third-order valence-electron chi connectivity index (χ3n) is 8.05. The first-order chi connectivity index (χ1) is 18.6. The number of carbonyl (C=O) groups is 3. The van der Waals surface area contributed by atoms with E-state index in [9.17, 15) is 19.2 Å². The molecule has 9 nitrogen and oxygen atoms in total. The maximum Gasteiger partial charge on any atom is 0.252 e. The Morgan fingerprint density at radius 3 is 2.49 bits per heavy atom. The number of carbonyl (C=O) groups excluding carboxylic acids is 3. The Morgan fingerprint density at radius 2 is 1.77 bits per heavy atom. The Bertz CT molecular complexity index is 1720. The molecule has 0 unspecified atom stereocenters. The van der Waals surface area contributed by atoms with Gasteiger partial charge in [-0.25, -0.2) is 0 Å². The number of H-pyrrole nitrogens is 1. The number of pyridine rings is 1. The summed E-state index contributed by atoms with van der Waals surface area (Å²) < 4.78 is 17.0. The van der Waals surface area contributed by atoms with Gasteiger partial charge in [-0.15, -0.1) is 0 Å². The molecule has 39 heavy (non-hydrogen) atoms. The lowest BCUT2D eigenvalue weighted by Crippen LogP contribution is -2.59. The molecule has 0 radical (unpaired) electrons. The summed E-state index contributed by atoms with van der Waals surface area (Å²) in [5.74, 6) is -2.62. The van der Waals surface area contributed by atoms with E-state index in [2.05, 4.69) is 10.3 Å². The summed E-state index contributed by atoms with van der Waals surface area (Å²) in [7, 11) is 2.82. The van der Waals surface area contributed by atoms with Crippen LogP contribution in [-0.4, -0.2) is 42.3 Å². The third-order valence-corrected chi connectivity index (χ3v) is 8.41. The number of aryl methyl sites for hydroxylation is 1. The highest BCUT2D eigenvalue weighted by atomic mass is 35.5. The number of hydrogen-bond acceptors (Lipinski definition) is 7. The average molecular weight is 549 g/mol. The summed E-state index contributed by atoms with van der Waals surface area (Å²) >= 11 is 6.53. The molecule has 0 bridgehead atoms. The van der Waals surface area contributed by atoms with Gasteiger partial charge in [-0.2, -0.15) is 0 Å². The maximum absolute atomic E-state index is 14.5. The molecule has 0 fully saturated rings. The summed E-state index contributed by atoms with van der Waals surface area (Å²) in [5.41, 5.74) is 0.144. The van der Waals surface area contributed by atoms with Crippen LogP contribution in [0.4, 0.5) is 0 Å². The second-order valence-corrected chi connectivity index (χ2v) is 10.6. The normalized spacial score (nSPS) is 24.0. The predicted octanol–water partition coefficient (Wildman–Crippen LogP) is 3.99. The zero-order chi connectivity index (χ0) is 27.8. The number of Topliss-reactive ketones (excluding diaryl/α,β-unsaturated/α-hetero) is 2. The molecule has 2 aliphatic heterocycles. The molecule has 3 aromatic rings. The number of ether oxygens (including phenoxy) is 3. The maximum atomic E-state index is 14.5.